The minimum absolute atomic E-state index is 0. The third kappa shape index (κ3) is 10.3. The van der Waals surface area contributed by atoms with Crippen molar-refractivity contribution in [1.82, 2.24) is 15.5 Å². The van der Waals surface area contributed by atoms with Gasteiger partial charge in [0.25, 0.3) is 0 Å². The summed E-state index contributed by atoms with van der Waals surface area (Å²) in [4.78, 5) is 18.4. The number of rotatable bonds is 10. The number of nitrogens with one attached hydrogen (secondary N) is 3. The number of carbonyl (C=O) groups excluding carboxylic acids is 1. The molecular weight excluding hydrogens is 465 g/mol. The van der Waals surface area contributed by atoms with Gasteiger partial charge < -0.3 is 16.0 Å². The Balaban J connectivity index is 0.00000729. The predicted molar refractivity (Wildman–Crippen MR) is 131 cm³/mol. The van der Waals surface area contributed by atoms with Crippen LogP contribution in [-0.4, -0.2) is 49.0 Å². The maximum atomic E-state index is 11.6. The topological polar surface area (TPSA) is 68.8 Å². The lowest BCUT2D eigenvalue weighted by molar-refractivity contribution is -0.116. The standard InChI is InChI=1S/C21H37N5O.HI/c1-7-8-20(27)25-19-11-9-18(10-12-19)15-24-21(22-6)23-13-14-26(16(2)3)17(4)5;/h9-12,16-17H,7-8,13-15H2,1-6H3,(H,25,27)(H2,22,23,24);1H. The van der Waals surface area contributed by atoms with Crippen LogP contribution < -0.4 is 16.0 Å². The van der Waals surface area contributed by atoms with Gasteiger partial charge in [0.2, 0.25) is 5.91 Å². The Morgan fingerprint density at radius 3 is 2.18 bits per heavy atom. The minimum Gasteiger partial charge on any atom is -0.355 e. The van der Waals surface area contributed by atoms with Gasteiger partial charge in [-0.15, -0.1) is 24.0 Å². The molecule has 28 heavy (non-hydrogen) atoms. The second kappa shape index (κ2) is 14.6. The van der Waals surface area contributed by atoms with Gasteiger partial charge in [-0.3, -0.25) is 14.7 Å². The molecule has 0 unspecified atom stereocenters. The normalized spacial score (nSPS) is 11.5. The average Bonchev–Trinajstić information content (AvgIpc) is 2.62. The maximum absolute atomic E-state index is 11.6. The average molecular weight is 503 g/mol. The fourth-order valence-corrected chi connectivity index (χ4v) is 2.98. The molecule has 160 valence electrons. The number of hydrogen-bond donors (Lipinski definition) is 3. The third-order valence-electron chi connectivity index (χ3n) is 4.39. The first-order chi connectivity index (χ1) is 12.9. The number of nitrogens with zero attached hydrogens (tertiary/aromatic N) is 2. The van der Waals surface area contributed by atoms with Crippen molar-refractivity contribution in [3.8, 4) is 0 Å². The van der Waals surface area contributed by atoms with Gasteiger partial charge in [-0.2, -0.15) is 0 Å². The van der Waals surface area contributed by atoms with E-state index in [-0.39, 0.29) is 29.9 Å². The lowest BCUT2D eigenvalue weighted by Crippen LogP contribution is -2.45. The van der Waals surface area contributed by atoms with Crippen LogP contribution in [0.15, 0.2) is 29.3 Å². The molecule has 0 radical (unpaired) electrons. The first-order valence-corrected chi connectivity index (χ1v) is 9.96. The van der Waals surface area contributed by atoms with Crippen LogP contribution in [0.4, 0.5) is 5.69 Å². The highest BCUT2D eigenvalue weighted by molar-refractivity contribution is 14.0. The number of carbonyl (C=O) groups is 1. The molecule has 3 N–H and O–H groups in total. The van der Waals surface area contributed by atoms with Gasteiger partial charge in [0, 0.05) is 50.9 Å². The smallest absolute Gasteiger partial charge is 0.224 e. The molecule has 1 amide bonds. The molecule has 0 aromatic heterocycles. The summed E-state index contributed by atoms with van der Waals surface area (Å²) in [6.07, 6.45) is 1.41. The van der Waals surface area contributed by atoms with Crippen molar-refractivity contribution in [2.75, 3.05) is 25.5 Å². The van der Waals surface area contributed by atoms with Crippen LogP contribution in [0.3, 0.4) is 0 Å². The third-order valence-corrected chi connectivity index (χ3v) is 4.39. The van der Waals surface area contributed by atoms with Crippen molar-refractivity contribution in [3.05, 3.63) is 29.8 Å². The summed E-state index contributed by atoms with van der Waals surface area (Å²) >= 11 is 0. The zero-order valence-corrected chi connectivity index (χ0v) is 20.5. The summed E-state index contributed by atoms with van der Waals surface area (Å²) in [7, 11) is 1.78. The maximum Gasteiger partial charge on any atom is 0.224 e. The lowest BCUT2D eigenvalue weighted by Gasteiger charge is -2.30. The summed E-state index contributed by atoms with van der Waals surface area (Å²) in [5.41, 5.74) is 1.97. The number of amides is 1. The van der Waals surface area contributed by atoms with Gasteiger partial charge >= 0.3 is 0 Å². The Kier molecular flexibility index (Phi) is 13.9. The Morgan fingerprint density at radius 2 is 1.68 bits per heavy atom. The summed E-state index contributed by atoms with van der Waals surface area (Å²) in [5, 5.41) is 9.61. The molecular formula is C21H38IN5O. The van der Waals surface area contributed by atoms with Gasteiger partial charge in [-0.25, -0.2) is 0 Å². The first kappa shape index (κ1) is 26.6. The van der Waals surface area contributed by atoms with Gasteiger partial charge in [-0.05, 0) is 51.8 Å². The van der Waals surface area contributed by atoms with Crippen LogP contribution >= 0.6 is 24.0 Å². The summed E-state index contributed by atoms with van der Waals surface area (Å²) in [5.74, 6) is 0.854. The molecule has 0 fully saturated rings. The van der Waals surface area contributed by atoms with E-state index in [4.69, 9.17) is 0 Å². The van der Waals surface area contributed by atoms with E-state index in [2.05, 4.69) is 53.5 Å². The largest absolute Gasteiger partial charge is 0.355 e. The molecule has 0 aliphatic carbocycles. The van der Waals surface area contributed by atoms with Gasteiger partial charge in [0.1, 0.15) is 0 Å². The summed E-state index contributed by atoms with van der Waals surface area (Å²) in [6.45, 7) is 13.4. The second-order valence-electron chi connectivity index (χ2n) is 7.27. The van der Waals surface area contributed by atoms with E-state index < -0.39 is 0 Å². The van der Waals surface area contributed by atoms with E-state index >= 15 is 0 Å². The molecule has 1 aromatic rings. The number of hydrogen-bond acceptors (Lipinski definition) is 3. The number of guanidine groups is 1. The zero-order chi connectivity index (χ0) is 20.2. The fraction of sp³-hybridized carbons (Fsp3) is 0.619. The number of benzene rings is 1. The van der Waals surface area contributed by atoms with Crippen LogP contribution in [-0.2, 0) is 11.3 Å². The molecule has 6 nitrogen and oxygen atoms in total. The van der Waals surface area contributed by atoms with Crippen LogP contribution in [0.25, 0.3) is 0 Å². The van der Waals surface area contributed by atoms with Crippen LogP contribution in [0.1, 0.15) is 53.0 Å². The Labute approximate surface area is 188 Å². The summed E-state index contributed by atoms with van der Waals surface area (Å²) in [6, 6.07) is 8.95. The Bertz CT molecular complexity index is 579. The molecule has 0 atom stereocenters. The van der Waals surface area contributed by atoms with E-state index in [9.17, 15) is 4.79 Å². The van der Waals surface area contributed by atoms with E-state index in [0.717, 1.165) is 36.7 Å². The van der Waals surface area contributed by atoms with Gasteiger partial charge in [-0.1, -0.05) is 19.1 Å². The highest BCUT2D eigenvalue weighted by Gasteiger charge is 2.12. The number of aliphatic imine (C=N–C) groups is 1. The Hall–Kier alpha value is -1.35. The fourth-order valence-electron chi connectivity index (χ4n) is 2.98. The number of halogens is 1. The molecule has 0 saturated carbocycles. The molecule has 1 rings (SSSR count). The van der Waals surface area contributed by atoms with E-state index in [1.54, 1.807) is 7.05 Å². The summed E-state index contributed by atoms with van der Waals surface area (Å²) < 4.78 is 0. The molecule has 7 heteroatoms. The lowest BCUT2D eigenvalue weighted by atomic mass is 10.2. The molecule has 0 bridgehead atoms. The van der Waals surface area contributed by atoms with E-state index in [1.165, 1.54) is 0 Å². The minimum atomic E-state index is 0. The molecule has 0 heterocycles. The van der Waals surface area contributed by atoms with Crippen LogP contribution in [0, 0.1) is 0 Å². The van der Waals surface area contributed by atoms with Crippen molar-refractivity contribution in [2.24, 2.45) is 4.99 Å². The van der Waals surface area contributed by atoms with Crippen LogP contribution in [0.2, 0.25) is 0 Å². The molecule has 0 saturated heterocycles. The Morgan fingerprint density at radius 1 is 1.07 bits per heavy atom. The van der Waals surface area contributed by atoms with Gasteiger partial charge in [0.15, 0.2) is 5.96 Å². The van der Waals surface area contributed by atoms with Gasteiger partial charge in [0.05, 0.1) is 0 Å². The highest BCUT2D eigenvalue weighted by atomic mass is 127. The SMILES string of the molecule is CCCC(=O)Nc1ccc(CNC(=NC)NCCN(C(C)C)C(C)C)cc1.I. The van der Waals surface area contributed by atoms with Crippen molar-refractivity contribution >= 4 is 41.5 Å². The number of anilines is 1. The molecule has 0 aliphatic heterocycles. The highest BCUT2D eigenvalue weighted by Crippen LogP contribution is 2.10. The monoisotopic (exact) mass is 503 g/mol. The quantitative estimate of drug-likeness (QED) is 0.258. The zero-order valence-electron chi connectivity index (χ0n) is 18.2. The van der Waals surface area contributed by atoms with E-state index in [0.29, 0.717) is 25.0 Å². The van der Waals surface area contributed by atoms with Crippen molar-refractivity contribution in [1.29, 1.82) is 0 Å². The van der Waals surface area contributed by atoms with Crippen molar-refractivity contribution in [3.63, 3.8) is 0 Å². The van der Waals surface area contributed by atoms with Crippen LogP contribution in [0.5, 0.6) is 0 Å². The molecule has 1 aromatic carbocycles. The first-order valence-electron chi connectivity index (χ1n) is 9.96. The molecule has 0 spiro atoms. The second-order valence-corrected chi connectivity index (χ2v) is 7.27. The van der Waals surface area contributed by atoms with E-state index in [1.807, 2.05) is 31.2 Å². The predicted octanol–water partition coefficient (Wildman–Crippen LogP) is 3.83. The van der Waals surface area contributed by atoms with Crippen molar-refractivity contribution < 1.29 is 4.79 Å². The van der Waals surface area contributed by atoms with Crippen molar-refractivity contribution in [2.45, 2.75) is 66.1 Å². The molecule has 0 aliphatic rings.